The Bertz CT molecular complexity index is 931. The van der Waals surface area contributed by atoms with Crippen molar-refractivity contribution in [3.8, 4) is 0 Å². The van der Waals surface area contributed by atoms with Gasteiger partial charge in [0, 0.05) is 17.2 Å². The molecule has 10 heteroatoms. The lowest BCUT2D eigenvalue weighted by atomic mass is 10.1. The number of rotatable bonds is 6. The number of carbonyl (C=O) groups excluding carboxylic acids is 2. The minimum Gasteiger partial charge on any atom is -0.368 e. The van der Waals surface area contributed by atoms with Crippen LogP contribution in [0.4, 0.5) is 28.9 Å². The lowest BCUT2D eigenvalue weighted by Gasteiger charge is -2.17. The van der Waals surface area contributed by atoms with E-state index >= 15 is 0 Å². The molecule has 0 spiro atoms. The zero-order chi connectivity index (χ0) is 21.7. The molecular weight excluding hydrogens is 424 g/mol. The molecule has 0 aromatic heterocycles. The van der Waals surface area contributed by atoms with E-state index in [0.29, 0.717) is 19.4 Å². The first-order valence-corrected chi connectivity index (χ1v) is 10.0. The number of hydrogen-bond donors (Lipinski definition) is 2. The van der Waals surface area contributed by atoms with Crippen LogP contribution in [0, 0.1) is 5.82 Å². The van der Waals surface area contributed by atoms with Crippen LogP contribution in [0.1, 0.15) is 18.4 Å². The Labute approximate surface area is 174 Å². The van der Waals surface area contributed by atoms with Crippen molar-refractivity contribution in [1.82, 2.24) is 0 Å². The molecule has 1 heterocycles. The first-order valence-electron chi connectivity index (χ1n) is 9.05. The smallest absolute Gasteiger partial charge is 0.368 e. The Morgan fingerprint density at radius 2 is 1.90 bits per heavy atom. The number of nitrogens with one attached hydrogen (secondary N) is 2. The summed E-state index contributed by atoms with van der Waals surface area (Å²) in [6.07, 6.45) is -4.23. The van der Waals surface area contributed by atoms with Crippen LogP contribution in [0.5, 0.6) is 0 Å². The number of amides is 2. The first-order chi connectivity index (χ1) is 14.2. The van der Waals surface area contributed by atoms with Gasteiger partial charge in [0.2, 0.25) is 5.91 Å². The SMILES string of the molecule is O=C(CSc1ccccc1F)Nc1ccc(NC(=O)C2CCCO2)cc1C(F)(F)F. The summed E-state index contributed by atoms with van der Waals surface area (Å²) in [5.41, 5.74) is -1.60. The van der Waals surface area contributed by atoms with Gasteiger partial charge in [0.05, 0.1) is 17.0 Å². The number of halogens is 4. The molecule has 2 amide bonds. The van der Waals surface area contributed by atoms with Crippen LogP contribution >= 0.6 is 11.8 Å². The molecular formula is C20H18F4N2O3S. The highest BCUT2D eigenvalue weighted by molar-refractivity contribution is 8.00. The normalized spacial score (nSPS) is 16.3. The highest BCUT2D eigenvalue weighted by atomic mass is 32.2. The van der Waals surface area contributed by atoms with Crippen LogP contribution in [0.3, 0.4) is 0 Å². The zero-order valence-electron chi connectivity index (χ0n) is 15.6. The average molecular weight is 442 g/mol. The van der Waals surface area contributed by atoms with Crippen LogP contribution in [0.25, 0.3) is 0 Å². The summed E-state index contributed by atoms with van der Waals surface area (Å²) < 4.78 is 59.2. The fourth-order valence-electron chi connectivity index (χ4n) is 2.86. The van der Waals surface area contributed by atoms with Gasteiger partial charge in [-0.05, 0) is 43.2 Å². The van der Waals surface area contributed by atoms with E-state index in [1.165, 1.54) is 24.3 Å². The van der Waals surface area contributed by atoms with E-state index in [-0.39, 0.29) is 16.3 Å². The van der Waals surface area contributed by atoms with E-state index in [4.69, 9.17) is 4.74 Å². The van der Waals surface area contributed by atoms with Gasteiger partial charge in [-0.2, -0.15) is 13.2 Å². The van der Waals surface area contributed by atoms with Gasteiger partial charge >= 0.3 is 6.18 Å². The predicted octanol–water partition coefficient (Wildman–Crippen LogP) is 4.69. The van der Waals surface area contributed by atoms with Gasteiger partial charge in [0.25, 0.3) is 5.91 Å². The van der Waals surface area contributed by atoms with Crippen molar-refractivity contribution in [3.05, 3.63) is 53.8 Å². The number of carbonyl (C=O) groups is 2. The molecule has 3 rings (SSSR count). The zero-order valence-corrected chi connectivity index (χ0v) is 16.4. The molecule has 1 fully saturated rings. The highest BCUT2D eigenvalue weighted by Gasteiger charge is 2.34. The van der Waals surface area contributed by atoms with E-state index in [1.807, 2.05) is 0 Å². The Balaban J connectivity index is 1.69. The van der Waals surface area contributed by atoms with Crippen molar-refractivity contribution >= 4 is 35.0 Å². The Kier molecular flexibility index (Phi) is 6.99. The fourth-order valence-corrected chi connectivity index (χ4v) is 3.60. The van der Waals surface area contributed by atoms with Crippen LogP contribution in [0.15, 0.2) is 47.4 Å². The molecule has 2 aromatic rings. The monoisotopic (exact) mass is 442 g/mol. The minimum absolute atomic E-state index is 0.0541. The molecule has 0 bridgehead atoms. The van der Waals surface area contributed by atoms with Crippen LogP contribution in [-0.2, 0) is 20.5 Å². The van der Waals surface area contributed by atoms with Crippen molar-refractivity contribution in [2.24, 2.45) is 0 Å². The van der Waals surface area contributed by atoms with Crippen molar-refractivity contribution in [1.29, 1.82) is 0 Å². The molecule has 2 aromatic carbocycles. The van der Waals surface area contributed by atoms with Crippen LogP contribution in [0.2, 0.25) is 0 Å². The van der Waals surface area contributed by atoms with Gasteiger partial charge < -0.3 is 15.4 Å². The number of ether oxygens (including phenoxy) is 1. The molecule has 1 aliphatic heterocycles. The molecule has 1 unspecified atom stereocenters. The fraction of sp³-hybridized carbons (Fsp3) is 0.300. The molecule has 0 saturated carbocycles. The van der Waals surface area contributed by atoms with Gasteiger partial charge in [-0.15, -0.1) is 11.8 Å². The van der Waals surface area contributed by atoms with Crippen molar-refractivity contribution in [2.45, 2.75) is 30.0 Å². The highest BCUT2D eigenvalue weighted by Crippen LogP contribution is 2.37. The maximum absolute atomic E-state index is 13.6. The summed E-state index contributed by atoms with van der Waals surface area (Å²) in [5.74, 6) is -2.02. The Morgan fingerprint density at radius 3 is 2.57 bits per heavy atom. The number of thioether (sulfide) groups is 1. The molecule has 1 aliphatic rings. The first kappa shape index (κ1) is 22.1. The maximum Gasteiger partial charge on any atom is 0.418 e. The molecule has 2 N–H and O–H groups in total. The van der Waals surface area contributed by atoms with Gasteiger partial charge in [-0.25, -0.2) is 4.39 Å². The summed E-state index contributed by atoms with van der Waals surface area (Å²) in [4.78, 5) is 24.4. The average Bonchev–Trinajstić information content (AvgIpc) is 3.23. The van der Waals surface area contributed by atoms with Crippen LogP contribution < -0.4 is 10.6 Å². The van der Waals surface area contributed by atoms with E-state index < -0.39 is 41.2 Å². The van der Waals surface area contributed by atoms with Gasteiger partial charge in [0.15, 0.2) is 0 Å². The van der Waals surface area contributed by atoms with Gasteiger partial charge in [-0.3, -0.25) is 9.59 Å². The topological polar surface area (TPSA) is 67.4 Å². The Morgan fingerprint density at radius 1 is 1.13 bits per heavy atom. The maximum atomic E-state index is 13.6. The van der Waals surface area contributed by atoms with Crippen LogP contribution in [-0.4, -0.2) is 30.3 Å². The summed E-state index contributed by atoms with van der Waals surface area (Å²) in [6, 6.07) is 8.88. The second-order valence-corrected chi connectivity index (χ2v) is 7.53. The molecule has 1 atom stereocenters. The quantitative estimate of drug-likeness (QED) is 0.503. The summed E-state index contributed by atoms with van der Waals surface area (Å²) in [5, 5.41) is 4.61. The number of anilines is 2. The van der Waals surface area contributed by atoms with Gasteiger partial charge in [-0.1, -0.05) is 12.1 Å². The van der Waals surface area contributed by atoms with E-state index in [9.17, 15) is 27.2 Å². The number of alkyl halides is 3. The number of hydrogen-bond acceptors (Lipinski definition) is 4. The predicted molar refractivity (Wildman–Crippen MR) is 105 cm³/mol. The third-order valence-corrected chi connectivity index (χ3v) is 5.33. The molecule has 30 heavy (non-hydrogen) atoms. The number of benzene rings is 2. The minimum atomic E-state index is -4.76. The van der Waals surface area contributed by atoms with Crippen molar-refractivity contribution < 1.29 is 31.9 Å². The molecule has 160 valence electrons. The van der Waals surface area contributed by atoms with E-state index in [1.54, 1.807) is 6.07 Å². The molecule has 0 radical (unpaired) electrons. The van der Waals surface area contributed by atoms with E-state index in [0.717, 1.165) is 23.9 Å². The third-order valence-electron chi connectivity index (χ3n) is 4.28. The lowest BCUT2D eigenvalue weighted by molar-refractivity contribution is -0.137. The van der Waals surface area contributed by atoms with Crippen molar-refractivity contribution in [3.63, 3.8) is 0 Å². The second kappa shape index (κ2) is 9.48. The summed E-state index contributed by atoms with van der Waals surface area (Å²) in [6.45, 7) is 0.432. The summed E-state index contributed by atoms with van der Waals surface area (Å²) in [7, 11) is 0. The standard InChI is InChI=1S/C20H18F4N2O3S/c21-14-4-1-2-6-17(14)30-11-18(27)26-15-8-7-12(10-13(15)20(22,23)24)25-19(28)16-5-3-9-29-16/h1-2,4,6-8,10,16H,3,5,9,11H2,(H,25,28)(H,26,27). The third kappa shape index (κ3) is 5.73. The Hall–Kier alpha value is -2.59. The molecule has 0 aliphatic carbocycles. The largest absolute Gasteiger partial charge is 0.418 e. The molecule has 1 saturated heterocycles. The van der Waals surface area contributed by atoms with Crippen molar-refractivity contribution in [2.75, 3.05) is 23.0 Å². The summed E-state index contributed by atoms with van der Waals surface area (Å²) >= 11 is 0.874. The van der Waals surface area contributed by atoms with Gasteiger partial charge in [0.1, 0.15) is 11.9 Å². The van der Waals surface area contributed by atoms with E-state index in [2.05, 4.69) is 10.6 Å². The lowest BCUT2D eigenvalue weighted by Crippen LogP contribution is -2.27. The molecule has 5 nitrogen and oxygen atoms in total. The second-order valence-electron chi connectivity index (χ2n) is 6.52.